The van der Waals surface area contributed by atoms with Gasteiger partial charge in [0.25, 0.3) is 0 Å². The fourth-order valence-corrected chi connectivity index (χ4v) is 1.65. The topological polar surface area (TPSA) is 88.1 Å². The van der Waals surface area contributed by atoms with Gasteiger partial charge in [-0.3, -0.25) is 14.4 Å². The zero-order valence-corrected chi connectivity index (χ0v) is 10.5. The fourth-order valence-electron chi connectivity index (χ4n) is 1.65. The van der Waals surface area contributed by atoms with Gasteiger partial charge in [0.2, 0.25) is 6.29 Å². The Hall–Kier alpha value is -1.63. The van der Waals surface area contributed by atoms with Gasteiger partial charge in [0.15, 0.2) is 6.10 Å². The quantitative estimate of drug-likeness (QED) is 0.527. The Morgan fingerprint density at radius 3 is 2.00 bits per heavy atom. The molecule has 0 aromatic carbocycles. The molecule has 1 aliphatic heterocycles. The van der Waals surface area contributed by atoms with E-state index >= 15 is 0 Å². The lowest BCUT2D eigenvalue weighted by Crippen LogP contribution is -2.46. The molecule has 1 saturated heterocycles. The monoisotopic (exact) mass is 260 g/mol. The largest absolute Gasteiger partial charge is 0.460 e. The molecule has 0 aliphatic carbocycles. The molecule has 0 spiro atoms. The number of hydrogen-bond donors (Lipinski definition) is 0. The van der Waals surface area contributed by atoms with Gasteiger partial charge in [-0.25, -0.2) is 0 Å². The highest BCUT2D eigenvalue weighted by Crippen LogP contribution is 2.21. The lowest BCUT2D eigenvalue weighted by Gasteiger charge is -2.34. The van der Waals surface area contributed by atoms with Crippen molar-refractivity contribution in [2.24, 2.45) is 0 Å². The highest BCUT2D eigenvalue weighted by molar-refractivity contribution is 5.67. The molecule has 0 aromatic rings. The van der Waals surface area contributed by atoms with E-state index in [1.807, 2.05) is 0 Å². The number of carbonyl (C=O) groups is 3. The Morgan fingerprint density at radius 2 is 1.50 bits per heavy atom. The van der Waals surface area contributed by atoms with Crippen molar-refractivity contribution in [1.82, 2.24) is 0 Å². The van der Waals surface area contributed by atoms with Crippen LogP contribution in [0.3, 0.4) is 0 Å². The zero-order chi connectivity index (χ0) is 13.7. The molecule has 0 saturated carbocycles. The zero-order valence-electron chi connectivity index (χ0n) is 10.5. The van der Waals surface area contributed by atoms with Crippen molar-refractivity contribution in [3.63, 3.8) is 0 Å². The maximum absolute atomic E-state index is 10.9. The normalized spacial score (nSPS) is 27.2. The maximum atomic E-state index is 10.9. The lowest BCUT2D eigenvalue weighted by atomic mass is 10.1. The van der Waals surface area contributed by atoms with Crippen LogP contribution in [-0.2, 0) is 33.3 Å². The third kappa shape index (κ3) is 4.70. The predicted molar refractivity (Wildman–Crippen MR) is 57.2 cm³/mol. The highest BCUT2D eigenvalue weighted by Gasteiger charge is 2.37. The van der Waals surface area contributed by atoms with Gasteiger partial charge >= 0.3 is 17.9 Å². The molecule has 0 bridgehead atoms. The van der Waals surface area contributed by atoms with Crippen LogP contribution in [0.25, 0.3) is 0 Å². The van der Waals surface area contributed by atoms with Crippen LogP contribution in [-0.4, -0.2) is 43.0 Å². The van der Waals surface area contributed by atoms with Gasteiger partial charge in [0.1, 0.15) is 6.10 Å². The van der Waals surface area contributed by atoms with Crippen LogP contribution >= 0.6 is 0 Å². The van der Waals surface area contributed by atoms with Gasteiger partial charge in [-0.2, -0.15) is 0 Å². The standard InChI is InChI=1S/C11H16O7/c1-6(12)16-9-4-10(17-7(2)13)11(15-5-9)18-8(3)14/h9-11H,4-5H2,1-3H3/t9-,10+,11?/m1/s1. The summed E-state index contributed by atoms with van der Waals surface area (Å²) in [6.07, 6.45) is -2.02. The van der Waals surface area contributed by atoms with Crippen LogP contribution in [0, 0.1) is 0 Å². The van der Waals surface area contributed by atoms with Crippen molar-refractivity contribution >= 4 is 17.9 Å². The van der Waals surface area contributed by atoms with Gasteiger partial charge < -0.3 is 18.9 Å². The number of rotatable bonds is 3. The number of ether oxygens (including phenoxy) is 4. The first-order chi connectivity index (χ1) is 8.38. The van der Waals surface area contributed by atoms with Crippen molar-refractivity contribution in [3.8, 4) is 0 Å². The Morgan fingerprint density at radius 1 is 0.944 bits per heavy atom. The minimum Gasteiger partial charge on any atom is -0.460 e. The summed E-state index contributed by atoms with van der Waals surface area (Å²) in [5, 5.41) is 0. The molecule has 3 atom stereocenters. The van der Waals surface area contributed by atoms with E-state index in [4.69, 9.17) is 18.9 Å². The smallest absolute Gasteiger partial charge is 0.305 e. The van der Waals surface area contributed by atoms with Gasteiger partial charge in [-0.05, 0) is 0 Å². The molecule has 1 rings (SSSR count). The van der Waals surface area contributed by atoms with Crippen LogP contribution in [0.1, 0.15) is 27.2 Å². The van der Waals surface area contributed by atoms with Crippen molar-refractivity contribution in [2.75, 3.05) is 6.61 Å². The maximum Gasteiger partial charge on any atom is 0.305 e. The molecule has 1 aliphatic rings. The number of esters is 3. The second-order valence-electron chi connectivity index (χ2n) is 3.93. The lowest BCUT2D eigenvalue weighted by molar-refractivity contribution is -0.241. The molecule has 0 N–H and O–H groups in total. The molecular formula is C11H16O7. The Labute approximate surface area is 104 Å². The average Bonchev–Trinajstić information content (AvgIpc) is 2.19. The highest BCUT2D eigenvalue weighted by atomic mass is 16.7. The Bertz CT molecular complexity index is 338. The first-order valence-electron chi connectivity index (χ1n) is 5.51. The summed E-state index contributed by atoms with van der Waals surface area (Å²) in [5.41, 5.74) is 0. The fraction of sp³-hybridized carbons (Fsp3) is 0.727. The van der Waals surface area contributed by atoms with Crippen LogP contribution in [0.2, 0.25) is 0 Å². The summed E-state index contributed by atoms with van der Waals surface area (Å²) >= 11 is 0. The van der Waals surface area contributed by atoms with Crippen LogP contribution < -0.4 is 0 Å². The average molecular weight is 260 g/mol. The van der Waals surface area contributed by atoms with E-state index in [-0.39, 0.29) is 13.0 Å². The summed E-state index contributed by atoms with van der Waals surface area (Å²) in [5.74, 6) is -1.51. The summed E-state index contributed by atoms with van der Waals surface area (Å²) in [6, 6.07) is 0. The Kier molecular flexibility index (Phi) is 5.08. The molecule has 102 valence electrons. The van der Waals surface area contributed by atoms with Gasteiger partial charge in [-0.1, -0.05) is 0 Å². The second kappa shape index (κ2) is 6.34. The van der Waals surface area contributed by atoms with E-state index in [9.17, 15) is 14.4 Å². The predicted octanol–water partition coefficient (Wildman–Crippen LogP) is 0.159. The summed E-state index contributed by atoms with van der Waals surface area (Å²) in [7, 11) is 0. The van der Waals surface area contributed by atoms with E-state index in [2.05, 4.69) is 0 Å². The molecular weight excluding hydrogens is 244 g/mol. The van der Waals surface area contributed by atoms with Gasteiger partial charge in [0.05, 0.1) is 6.61 Å². The second-order valence-corrected chi connectivity index (χ2v) is 3.93. The van der Waals surface area contributed by atoms with Crippen molar-refractivity contribution in [3.05, 3.63) is 0 Å². The van der Waals surface area contributed by atoms with E-state index < -0.39 is 36.4 Å². The molecule has 0 radical (unpaired) electrons. The van der Waals surface area contributed by atoms with Crippen LogP contribution in [0.5, 0.6) is 0 Å². The molecule has 18 heavy (non-hydrogen) atoms. The third-order valence-electron chi connectivity index (χ3n) is 2.18. The van der Waals surface area contributed by atoms with Gasteiger partial charge in [0, 0.05) is 27.2 Å². The summed E-state index contributed by atoms with van der Waals surface area (Å²) < 4.78 is 20.0. The van der Waals surface area contributed by atoms with Gasteiger partial charge in [-0.15, -0.1) is 0 Å². The van der Waals surface area contributed by atoms with E-state index in [1.165, 1.54) is 20.8 Å². The van der Waals surface area contributed by atoms with Crippen molar-refractivity contribution < 1.29 is 33.3 Å². The number of hydrogen-bond acceptors (Lipinski definition) is 7. The molecule has 7 nitrogen and oxygen atoms in total. The number of carbonyl (C=O) groups excluding carboxylic acids is 3. The first kappa shape index (κ1) is 14.4. The minimum atomic E-state index is -0.960. The molecule has 0 amide bonds. The third-order valence-corrected chi connectivity index (χ3v) is 2.18. The SMILES string of the molecule is CC(=O)OC1OC[C@H](OC(C)=O)C[C@@H]1OC(C)=O. The van der Waals surface area contributed by atoms with E-state index in [0.29, 0.717) is 0 Å². The van der Waals surface area contributed by atoms with Crippen LogP contribution in [0.15, 0.2) is 0 Å². The van der Waals surface area contributed by atoms with Crippen molar-refractivity contribution in [2.45, 2.75) is 45.7 Å². The first-order valence-corrected chi connectivity index (χ1v) is 5.51. The minimum absolute atomic E-state index is 0.0926. The van der Waals surface area contributed by atoms with Crippen molar-refractivity contribution in [1.29, 1.82) is 0 Å². The molecule has 1 unspecified atom stereocenters. The van der Waals surface area contributed by atoms with E-state index in [0.717, 1.165) is 0 Å². The van der Waals surface area contributed by atoms with E-state index in [1.54, 1.807) is 0 Å². The molecule has 0 aromatic heterocycles. The summed E-state index contributed by atoms with van der Waals surface area (Å²) in [4.78, 5) is 32.6. The molecule has 7 heteroatoms. The van der Waals surface area contributed by atoms with Crippen LogP contribution in [0.4, 0.5) is 0 Å². The Balaban J connectivity index is 2.62. The molecule has 1 fully saturated rings. The summed E-state index contributed by atoms with van der Waals surface area (Å²) in [6.45, 7) is 3.83. The molecule has 1 heterocycles.